The quantitative estimate of drug-likeness (QED) is 0.479. The van der Waals surface area contributed by atoms with E-state index in [1.807, 2.05) is 49.1 Å². The van der Waals surface area contributed by atoms with Gasteiger partial charge in [0, 0.05) is 17.9 Å². The molecule has 1 saturated heterocycles. The highest BCUT2D eigenvalue weighted by Crippen LogP contribution is 2.40. The Hall–Kier alpha value is -3.43. The molecule has 5 rings (SSSR count). The highest BCUT2D eigenvalue weighted by atomic mass is 32.1. The maximum Gasteiger partial charge on any atom is 0.258 e. The Morgan fingerprint density at radius 2 is 2.09 bits per heavy atom. The van der Waals surface area contributed by atoms with E-state index in [0.29, 0.717) is 29.1 Å². The van der Waals surface area contributed by atoms with Gasteiger partial charge in [0.25, 0.3) is 5.89 Å². The van der Waals surface area contributed by atoms with Crippen LogP contribution in [0.2, 0.25) is 0 Å². The molecule has 3 heterocycles. The number of aromatic nitrogens is 2. The van der Waals surface area contributed by atoms with E-state index >= 15 is 0 Å². The molecule has 8 nitrogen and oxygen atoms in total. The molecule has 0 bridgehead atoms. The third-order valence-corrected chi connectivity index (χ3v) is 6.81. The minimum absolute atomic E-state index is 0.0440. The van der Waals surface area contributed by atoms with Crippen molar-refractivity contribution in [3.05, 3.63) is 65.2 Å². The standard InChI is InChI=1S/C26H28N4O4S/c1-15-6-4-7-18(12-15)24-28-25(34-29-24)22-16(2)30(14-19-8-5-11-33-19)26(35)27-23(22)17-9-10-21(32-3)20(31)13-17/h4,6-7,9-10,12-13,19,23,31H,5,8,11,14H2,1-3H3,(H,27,35). The molecule has 0 radical (unpaired) electrons. The minimum Gasteiger partial charge on any atom is -0.504 e. The van der Waals surface area contributed by atoms with Gasteiger partial charge in [-0.3, -0.25) is 0 Å². The highest BCUT2D eigenvalue weighted by molar-refractivity contribution is 7.80. The molecule has 2 aliphatic heterocycles. The predicted octanol–water partition coefficient (Wildman–Crippen LogP) is 4.60. The van der Waals surface area contributed by atoms with Crippen LogP contribution in [-0.2, 0) is 4.74 Å². The van der Waals surface area contributed by atoms with Gasteiger partial charge in [0.1, 0.15) is 0 Å². The van der Waals surface area contributed by atoms with E-state index in [1.54, 1.807) is 12.1 Å². The second-order valence-electron chi connectivity index (χ2n) is 8.85. The zero-order valence-electron chi connectivity index (χ0n) is 19.9. The largest absolute Gasteiger partial charge is 0.504 e. The summed E-state index contributed by atoms with van der Waals surface area (Å²) in [7, 11) is 1.52. The number of thiocarbonyl (C=S) groups is 1. The lowest BCUT2D eigenvalue weighted by Crippen LogP contribution is -2.48. The van der Waals surface area contributed by atoms with Gasteiger partial charge in [0.15, 0.2) is 16.6 Å². The van der Waals surface area contributed by atoms with Crippen LogP contribution >= 0.6 is 12.2 Å². The molecule has 2 atom stereocenters. The number of methoxy groups -OCH3 is 1. The van der Waals surface area contributed by atoms with Gasteiger partial charge in [-0.1, -0.05) is 35.0 Å². The van der Waals surface area contributed by atoms with Crippen molar-refractivity contribution >= 4 is 22.9 Å². The summed E-state index contributed by atoms with van der Waals surface area (Å²) < 4.78 is 16.9. The Kier molecular flexibility index (Phi) is 6.44. The number of phenolic OH excluding ortho intramolecular Hbond substituents is 1. The maximum absolute atomic E-state index is 10.5. The Balaban J connectivity index is 1.58. The lowest BCUT2D eigenvalue weighted by atomic mass is 9.94. The first-order valence-corrected chi connectivity index (χ1v) is 12.0. The molecule has 0 spiro atoms. The minimum atomic E-state index is -0.397. The normalized spacial score (nSPS) is 20.3. The van der Waals surface area contributed by atoms with E-state index in [-0.39, 0.29) is 11.9 Å². The van der Waals surface area contributed by atoms with Crippen molar-refractivity contribution in [2.24, 2.45) is 0 Å². The van der Waals surface area contributed by atoms with E-state index in [1.165, 1.54) is 7.11 Å². The number of ether oxygens (including phenoxy) is 2. The van der Waals surface area contributed by atoms with Crippen LogP contribution in [0.5, 0.6) is 11.5 Å². The number of aromatic hydroxyl groups is 1. The van der Waals surface area contributed by atoms with Crippen LogP contribution in [0.1, 0.15) is 42.8 Å². The fourth-order valence-electron chi connectivity index (χ4n) is 4.64. The van der Waals surface area contributed by atoms with Crippen molar-refractivity contribution in [1.29, 1.82) is 0 Å². The molecule has 1 fully saturated rings. The van der Waals surface area contributed by atoms with Crippen LogP contribution in [0, 0.1) is 6.92 Å². The zero-order chi connectivity index (χ0) is 24.5. The average Bonchev–Trinajstić information content (AvgIpc) is 3.54. The number of nitrogens with zero attached hydrogens (tertiary/aromatic N) is 3. The number of hydrogen-bond acceptors (Lipinski definition) is 7. The average molecular weight is 493 g/mol. The summed E-state index contributed by atoms with van der Waals surface area (Å²) in [6, 6.07) is 12.9. The van der Waals surface area contributed by atoms with Crippen LogP contribution in [0.3, 0.4) is 0 Å². The second kappa shape index (κ2) is 9.67. The Morgan fingerprint density at radius 3 is 2.80 bits per heavy atom. The Bertz CT molecular complexity index is 1280. The SMILES string of the molecule is COc1ccc(C2NC(=S)N(CC3CCCO3)C(C)=C2c2nc(-c3cccc(C)c3)no2)cc1O. The summed E-state index contributed by atoms with van der Waals surface area (Å²) >= 11 is 5.77. The van der Waals surface area contributed by atoms with E-state index in [9.17, 15) is 5.11 Å². The van der Waals surface area contributed by atoms with Crippen molar-refractivity contribution in [3.63, 3.8) is 0 Å². The molecule has 2 aliphatic rings. The maximum atomic E-state index is 10.5. The molecular weight excluding hydrogens is 464 g/mol. The van der Waals surface area contributed by atoms with Crippen molar-refractivity contribution in [2.75, 3.05) is 20.3 Å². The first-order chi connectivity index (χ1) is 16.9. The van der Waals surface area contributed by atoms with Gasteiger partial charge in [-0.15, -0.1) is 0 Å². The number of phenols is 1. The van der Waals surface area contributed by atoms with Crippen molar-refractivity contribution in [3.8, 4) is 22.9 Å². The molecule has 2 N–H and O–H groups in total. The van der Waals surface area contributed by atoms with E-state index in [4.69, 9.17) is 31.2 Å². The lowest BCUT2D eigenvalue weighted by Gasteiger charge is -2.38. The van der Waals surface area contributed by atoms with Crippen LogP contribution in [0.4, 0.5) is 0 Å². The van der Waals surface area contributed by atoms with Crippen LogP contribution < -0.4 is 10.1 Å². The molecule has 0 aliphatic carbocycles. The lowest BCUT2D eigenvalue weighted by molar-refractivity contribution is 0.0962. The number of hydrogen-bond donors (Lipinski definition) is 2. The molecule has 2 aromatic carbocycles. The molecule has 9 heteroatoms. The summed E-state index contributed by atoms with van der Waals surface area (Å²) in [6.07, 6.45) is 2.15. The molecule has 35 heavy (non-hydrogen) atoms. The van der Waals surface area contributed by atoms with Gasteiger partial charge >= 0.3 is 0 Å². The van der Waals surface area contributed by atoms with Crippen molar-refractivity contribution in [1.82, 2.24) is 20.4 Å². The smallest absolute Gasteiger partial charge is 0.258 e. The fraction of sp³-hybridized carbons (Fsp3) is 0.346. The molecule has 0 saturated carbocycles. The predicted molar refractivity (Wildman–Crippen MR) is 136 cm³/mol. The van der Waals surface area contributed by atoms with Gasteiger partial charge in [0.2, 0.25) is 5.82 Å². The third kappa shape index (κ3) is 4.61. The van der Waals surface area contributed by atoms with E-state index in [2.05, 4.69) is 10.5 Å². The van der Waals surface area contributed by atoms with Crippen molar-refractivity contribution in [2.45, 2.75) is 38.8 Å². The molecule has 182 valence electrons. The van der Waals surface area contributed by atoms with E-state index in [0.717, 1.165) is 47.4 Å². The summed E-state index contributed by atoms with van der Waals surface area (Å²) in [5.74, 6) is 1.35. The molecule has 0 amide bonds. The van der Waals surface area contributed by atoms with Gasteiger partial charge < -0.3 is 29.3 Å². The summed E-state index contributed by atoms with van der Waals surface area (Å²) in [6.45, 7) is 5.44. The molecular formula is C26H28N4O4S. The third-order valence-electron chi connectivity index (χ3n) is 6.48. The molecule has 3 aromatic rings. The summed E-state index contributed by atoms with van der Waals surface area (Å²) in [5, 5.41) is 18.7. The zero-order valence-corrected chi connectivity index (χ0v) is 20.8. The van der Waals surface area contributed by atoms with Crippen LogP contribution in [-0.4, -0.2) is 51.6 Å². The van der Waals surface area contributed by atoms with Gasteiger partial charge in [-0.2, -0.15) is 4.98 Å². The van der Waals surface area contributed by atoms with Crippen LogP contribution in [0.25, 0.3) is 17.0 Å². The number of aryl methyl sites for hydroxylation is 1. The van der Waals surface area contributed by atoms with Gasteiger partial charge in [-0.25, -0.2) is 0 Å². The monoisotopic (exact) mass is 492 g/mol. The molecule has 1 aromatic heterocycles. The highest BCUT2D eigenvalue weighted by Gasteiger charge is 2.35. The Labute approximate surface area is 209 Å². The topological polar surface area (TPSA) is 92.9 Å². The second-order valence-corrected chi connectivity index (χ2v) is 9.24. The number of allylic oxidation sites excluding steroid dienone is 1. The summed E-state index contributed by atoms with van der Waals surface area (Å²) in [4.78, 5) is 6.79. The summed E-state index contributed by atoms with van der Waals surface area (Å²) in [5.41, 5.74) is 4.50. The number of nitrogens with one attached hydrogen (secondary N) is 1. The number of benzene rings is 2. The number of rotatable bonds is 6. The Morgan fingerprint density at radius 1 is 1.23 bits per heavy atom. The first-order valence-electron chi connectivity index (χ1n) is 11.6. The fourth-order valence-corrected chi connectivity index (χ4v) is 4.97. The van der Waals surface area contributed by atoms with E-state index < -0.39 is 6.04 Å². The van der Waals surface area contributed by atoms with Gasteiger partial charge in [0.05, 0.1) is 31.4 Å². The van der Waals surface area contributed by atoms with Gasteiger partial charge in [-0.05, 0) is 62.7 Å². The molecule has 2 unspecified atom stereocenters. The van der Waals surface area contributed by atoms with Crippen LogP contribution in [0.15, 0.2) is 52.7 Å². The van der Waals surface area contributed by atoms with Crippen molar-refractivity contribution < 1.29 is 19.1 Å². The first kappa shape index (κ1) is 23.3.